The first-order valence-corrected chi connectivity index (χ1v) is 6.36. The molecule has 0 radical (unpaired) electrons. The van der Waals surface area contributed by atoms with Crippen LogP contribution in [0.1, 0.15) is 18.9 Å². The number of hydrogen-bond acceptors (Lipinski definition) is 6. The first-order chi connectivity index (χ1) is 10.1. The first kappa shape index (κ1) is 18.9. The van der Waals surface area contributed by atoms with E-state index in [2.05, 4.69) is 4.84 Å². The molecular weight excluding hydrogens is 276 g/mol. The number of carbonyl (C=O) groups excluding carboxylic acids is 1. The summed E-state index contributed by atoms with van der Waals surface area (Å²) >= 11 is 0. The van der Waals surface area contributed by atoms with E-state index in [1.54, 1.807) is 12.2 Å². The van der Waals surface area contributed by atoms with Crippen molar-refractivity contribution in [2.45, 2.75) is 20.0 Å². The molecule has 0 aliphatic carbocycles. The van der Waals surface area contributed by atoms with Gasteiger partial charge in [0.15, 0.2) is 0 Å². The number of hydrogen-bond donors (Lipinski definition) is 2. The molecule has 1 aromatic carbocycles. The van der Waals surface area contributed by atoms with Gasteiger partial charge in [-0.25, -0.2) is 5.90 Å². The number of carbonyl (C=O) groups is 1. The molecule has 0 saturated carbocycles. The minimum atomic E-state index is -0.471. The fourth-order valence-electron chi connectivity index (χ4n) is 1.29. The third-order valence-electron chi connectivity index (χ3n) is 2.55. The van der Waals surface area contributed by atoms with Crippen molar-refractivity contribution in [3.8, 4) is 0 Å². The number of aliphatic hydroxyl groups is 1. The predicted octanol–water partition coefficient (Wildman–Crippen LogP) is 1.75. The second-order valence-electron chi connectivity index (χ2n) is 4.05. The molecule has 0 aliphatic rings. The van der Waals surface area contributed by atoms with Crippen molar-refractivity contribution < 1.29 is 19.7 Å². The lowest BCUT2D eigenvalue weighted by Crippen LogP contribution is -1.99. The first-order valence-electron chi connectivity index (χ1n) is 6.36. The SMILES string of the molecule is CC[C@H](C=O)/C=C\CON.O=[N+]([O-])c1ccc(CO)cc1. The molecule has 116 valence electrons. The third kappa shape index (κ3) is 8.64. The Labute approximate surface area is 123 Å². The Bertz CT molecular complexity index is 445. The second kappa shape index (κ2) is 11.7. The van der Waals surface area contributed by atoms with Crippen molar-refractivity contribution in [2.24, 2.45) is 11.8 Å². The van der Waals surface area contributed by atoms with E-state index in [1.807, 2.05) is 6.92 Å². The summed E-state index contributed by atoms with van der Waals surface area (Å²) in [6.45, 7) is 2.23. The largest absolute Gasteiger partial charge is 0.392 e. The molecule has 21 heavy (non-hydrogen) atoms. The molecule has 7 heteroatoms. The molecule has 0 bridgehead atoms. The van der Waals surface area contributed by atoms with Gasteiger partial charge in [-0.15, -0.1) is 0 Å². The van der Waals surface area contributed by atoms with Crippen molar-refractivity contribution in [1.82, 2.24) is 0 Å². The molecule has 1 rings (SSSR count). The second-order valence-corrected chi connectivity index (χ2v) is 4.05. The lowest BCUT2D eigenvalue weighted by Gasteiger charge is -1.96. The summed E-state index contributed by atoms with van der Waals surface area (Å²) in [7, 11) is 0. The highest BCUT2D eigenvalue weighted by molar-refractivity contribution is 5.56. The van der Waals surface area contributed by atoms with Gasteiger partial charge in [0.2, 0.25) is 0 Å². The van der Waals surface area contributed by atoms with Crippen molar-refractivity contribution in [2.75, 3.05) is 6.61 Å². The Morgan fingerprint density at radius 1 is 1.43 bits per heavy atom. The molecule has 0 aliphatic heterocycles. The molecule has 0 aromatic heterocycles. The normalized spacial score (nSPS) is 11.6. The van der Waals surface area contributed by atoms with Crippen LogP contribution in [0.4, 0.5) is 5.69 Å². The summed E-state index contributed by atoms with van der Waals surface area (Å²) in [4.78, 5) is 24.2. The number of non-ortho nitro benzene ring substituents is 1. The van der Waals surface area contributed by atoms with Crippen LogP contribution in [-0.2, 0) is 16.2 Å². The number of rotatable bonds is 7. The maximum absolute atomic E-state index is 10.2. The summed E-state index contributed by atoms with van der Waals surface area (Å²) in [5.41, 5.74) is 0.720. The smallest absolute Gasteiger partial charge is 0.269 e. The average Bonchev–Trinajstić information content (AvgIpc) is 2.52. The van der Waals surface area contributed by atoms with E-state index in [0.717, 1.165) is 12.7 Å². The van der Waals surface area contributed by atoms with Crippen LogP contribution in [0.25, 0.3) is 0 Å². The number of aldehydes is 1. The lowest BCUT2D eigenvalue weighted by molar-refractivity contribution is -0.384. The standard InChI is InChI=1S/C7H7NO3.C7H13NO2/c9-5-6-1-3-7(4-2-6)8(10)11;1-2-7(6-9)4-3-5-10-8/h1-4,9H,5H2;3-4,6-7H,2,5,8H2,1H3/b;4-3-/t;7-/m.0/s1. The van der Waals surface area contributed by atoms with E-state index in [9.17, 15) is 14.9 Å². The monoisotopic (exact) mass is 296 g/mol. The summed E-state index contributed by atoms with van der Waals surface area (Å²) in [5, 5.41) is 18.7. The quantitative estimate of drug-likeness (QED) is 0.343. The number of allylic oxidation sites excluding steroid dienone is 1. The van der Waals surface area contributed by atoms with E-state index < -0.39 is 4.92 Å². The highest BCUT2D eigenvalue weighted by atomic mass is 16.6. The van der Waals surface area contributed by atoms with Gasteiger partial charge in [-0.1, -0.05) is 19.1 Å². The van der Waals surface area contributed by atoms with Crippen LogP contribution >= 0.6 is 0 Å². The van der Waals surface area contributed by atoms with Crippen LogP contribution in [-0.4, -0.2) is 22.9 Å². The van der Waals surface area contributed by atoms with Crippen molar-refractivity contribution in [3.05, 3.63) is 52.1 Å². The van der Waals surface area contributed by atoms with E-state index in [0.29, 0.717) is 12.2 Å². The van der Waals surface area contributed by atoms with E-state index in [-0.39, 0.29) is 18.2 Å². The van der Waals surface area contributed by atoms with Gasteiger partial charge in [0.05, 0.1) is 18.1 Å². The lowest BCUT2D eigenvalue weighted by atomic mass is 10.1. The molecule has 0 fully saturated rings. The molecular formula is C14H20N2O5. The van der Waals surface area contributed by atoms with Gasteiger partial charge in [0.1, 0.15) is 6.29 Å². The number of aliphatic hydroxyl groups excluding tert-OH is 1. The van der Waals surface area contributed by atoms with Crippen LogP contribution in [0, 0.1) is 16.0 Å². The van der Waals surface area contributed by atoms with Gasteiger partial charge in [0.25, 0.3) is 5.69 Å². The van der Waals surface area contributed by atoms with Crippen LogP contribution in [0.2, 0.25) is 0 Å². The molecule has 1 atom stereocenters. The molecule has 0 spiro atoms. The van der Waals surface area contributed by atoms with Crippen molar-refractivity contribution in [3.63, 3.8) is 0 Å². The Kier molecular flexibility index (Phi) is 10.5. The minimum Gasteiger partial charge on any atom is -0.392 e. The van der Waals surface area contributed by atoms with Crippen LogP contribution in [0.3, 0.4) is 0 Å². The van der Waals surface area contributed by atoms with Crippen molar-refractivity contribution >= 4 is 12.0 Å². The topological polar surface area (TPSA) is 116 Å². The summed E-state index contributed by atoms with van der Waals surface area (Å²) in [6.07, 6.45) is 5.26. The Hall–Kier alpha value is -2.09. The average molecular weight is 296 g/mol. The highest BCUT2D eigenvalue weighted by Gasteiger charge is 2.02. The van der Waals surface area contributed by atoms with Crippen LogP contribution in [0.5, 0.6) is 0 Å². The Morgan fingerprint density at radius 3 is 2.43 bits per heavy atom. The number of nitrogens with zero attached hydrogens (tertiary/aromatic N) is 1. The summed E-state index contributed by atoms with van der Waals surface area (Å²) < 4.78 is 0. The number of nitrogens with two attached hydrogens (primary N) is 1. The van der Waals surface area contributed by atoms with E-state index in [4.69, 9.17) is 11.0 Å². The fourth-order valence-corrected chi connectivity index (χ4v) is 1.29. The van der Waals surface area contributed by atoms with Gasteiger partial charge in [-0.05, 0) is 24.1 Å². The van der Waals surface area contributed by atoms with Gasteiger partial charge in [0, 0.05) is 18.1 Å². The van der Waals surface area contributed by atoms with Crippen molar-refractivity contribution in [1.29, 1.82) is 0 Å². The zero-order valence-electron chi connectivity index (χ0n) is 11.8. The zero-order valence-corrected chi connectivity index (χ0v) is 11.8. The molecule has 0 unspecified atom stereocenters. The molecule has 3 N–H and O–H groups in total. The number of nitro benzene ring substituents is 1. The minimum absolute atomic E-state index is 0.00940. The molecule has 0 saturated heterocycles. The number of nitro groups is 1. The van der Waals surface area contributed by atoms with Gasteiger partial charge >= 0.3 is 0 Å². The Morgan fingerprint density at radius 2 is 2.05 bits per heavy atom. The molecule has 0 amide bonds. The Balaban J connectivity index is 0.000000384. The summed E-state index contributed by atoms with van der Waals surface area (Å²) in [5.74, 6) is 4.77. The predicted molar refractivity (Wildman–Crippen MR) is 78.1 cm³/mol. The van der Waals surface area contributed by atoms with Gasteiger partial charge in [-0.2, -0.15) is 0 Å². The number of benzene rings is 1. The fraction of sp³-hybridized carbons (Fsp3) is 0.357. The van der Waals surface area contributed by atoms with Gasteiger partial charge in [-0.3, -0.25) is 10.1 Å². The summed E-state index contributed by atoms with van der Waals surface area (Å²) in [6, 6.07) is 5.79. The highest BCUT2D eigenvalue weighted by Crippen LogP contribution is 2.11. The molecule has 7 nitrogen and oxygen atoms in total. The molecule has 1 aromatic rings. The van der Waals surface area contributed by atoms with Gasteiger partial charge < -0.3 is 14.7 Å². The maximum atomic E-state index is 10.2. The zero-order chi connectivity index (χ0) is 16.1. The van der Waals surface area contributed by atoms with Crippen LogP contribution < -0.4 is 5.90 Å². The van der Waals surface area contributed by atoms with E-state index in [1.165, 1.54) is 24.3 Å². The van der Waals surface area contributed by atoms with E-state index >= 15 is 0 Å². The molecule has 0 heterocycles. The third-order valence-corrected chi connectivity index (χ3v) is 2.55. The maximum Gasteiger partial charge on any atom is 0.269 e. The van der Waals surface area contributed by atoms with Crippen LogP contribution in [0.15, 0.2) is 36.4 Å².